The topological polar surface area (TPSA) is 54.0 Å². The third kappa shape index (κ3) is 4.63. The maximum absolute atomic E-state index is 13.1. The van der Waals surface area contributed by atoms with Crippen molar-refractivity contribution in [1.82, 2.24) is 0 Å². The molecule has 0 atom stereocenters. The number of ether oxygens (including phenoxy) is 4. The van der Waals surface area contributed by atoms with E-state index in [4.69, 9.17) is 30.5 Å². The molecular weight excluding hydrogens is 392 g/mol. The third-order valence-corrected chi connectivity index (χ3v) is 4.72. The summed E-state index contributed by atoms with van der Waals surface area (Å²) in [6.07, 6.45) is 6.94. The highest BCUT2D eigenvalue weighted by Gasteiger charge is 2.31. The Morgan fingerprint density at radius 2 is 1.97 bits per heavy atom. The molecule has 2 aromatic carbocycles. The van der Waals surface area contributed by atoms with Gasteiger partial charge in [-0.2, -0.15) is 0 Å². The molecule has 0 aliphatic carbocycles. The zero-order valence-corrected chi connectivity index (χ0v) is 17.6. The zero-order valence-electron chi connectivity index (χ0n) is 16.8. The van der Waals surface area contributed by atoms with Crippen molar-refractivity contribution < 1.29 is 23.7 Å². The van der Waals surface area contributed by atoms with E-state index in [0.29, 0.717) is 33.4 Å². The maximum Gasteiger partial charge on any atom is 0.193 e. The quantitative estimate of drug-likeness (QED) is 0.344. The van der Waals surface area contributed by atoms with Gasteiger partial charge in [0.15, 0.2) is 12.6 Å². The first kappa shape index (κ1) is 21.0. The number of methoxy groups -OCH3 is 2. The van der Waals surface area contributed by atoms with E-state index < -0.39 is 5.60 Å². The van der Waals surface area contributed by atoms with Crippen LogP contribution in [0.4, 0.5) is 0 Å². The van der Waals surface area contributed by atoms with E-state index in [1.807, 2.05) is 44.2 Å². The summed E-state index contributed by atoms with van der Waals surface area (Å²) in [7, 11) is 3.04. The molecule has 0 N–H and O–H groups in total. The average molecular weight is 415 g/mol. The molecule has 0 radical (unpaired) electrons. The summed E-state index contributed by atoms with van der Waals surface area (Å²) < 4.78 is 22.3. The maximum atomic E-state index is 13.1. The van der Waals surface area contributed by atoms with Gasteiger partial charge in [0.05, 0.1) is 12.7 Å². The first-order chi connectivity index (χ1) is 13.9. The number of benzene rings is 2. The number of carbonyl (C=O) groups excluding carboxylic acids is 1. The Balaban J connectivity index is 2.09. The summed E-state index contributed by atoms with van der Waals surface area (Å²) in [5.74, 6) is 1.02. The van der Waals surface area contributed by atoms with E-state index >= 15 is 0 Å². The Labute approximate surface area is 175 Å². The van der Waals surface area contributed by atoms with Crippen LogP contribution in [0, 0.1) is 0 Å². The largest absolute Gasteiger partial charge is 0.496 e. The zero-order chi connectivity index (χ0) is 21.0. The SMILES string of the molecule is COCOc1cc(OC)c(C(=O)/C=C/c2ccccc2Cl)c2c1C=CC(C)(C)O2. The number of carbonyl (C=O) groups is 1. The summed E-state index contributed by atoms with van der Waals surface area (Å²) in [5.41, 5.74) is 1.15. The molecule has 0 bridgehead atoms. The van der Waals surface area contributed by atoms with Gasteiger partial charge < -0.3 is 18.9 Å². The molecule has 3 rings (SSSR count). The molecular formula is C23H23ClO5. The van der Waals surface area contributed by atoms with Crippen molar-refractivity contribution in [2.24, 2.45) is 0 Å². The molecule has 0 saturated carbocycles. The molecule has 1 heterocycles. The fourth-order valence-electron chi connectivity index (χ4n) is 2.97. The first-order valence-corrected chi connectivity index (χ1v) is 9.46. The van der Waals surface area contributed by atoms with Crippen molar-refractivity contribution in [3.63, 3.8) is 0 Å². The minimum Gasteiger partial charge on any atom is -0.496 e. The van der Waals surface area contributed by atoms with Gasteiger partial charge in [-0.3, -0.25) is 4.79 Å². The van der Waals surface area contributed by atoms with Gasteiger partial charge in [-0.25, -0.2) is 0 Å². The van der Waals surface area contributed by atoms with Crippen LogP contribution >= 0.6 is 11.6 Å². The van der Waals surface area contributed by atoms with Crippen LogP contribution in [0.15, 0.2) is 42.5 Å². The fourth-order valence-corrected chi connectivity index (χ4v) is 3.17. The van der Waals surface area contributed by atoms with Gasteiger partial charge in [0.25, 0.3) is 0 Å². The summed E-state index contributed by atoms with van der Waals surface area (Å²) in [6.45, 7) is 3.89. The standard InChI is InChI=1S/C23H23ClO5/c1-23(2)12-11-16-19(28-14-26-3)13-20(27-4)21(22(16)29-23)18(25)10-9-15-7-5-6-8-17(15)24/h5-13H,14H2,1-4H3/b10-9+. The Kier molecular flexibility index (Phi) is 6.30. The summed E-state index contributed by atoms with van der Waals surface area (Å²) in [6, 6.07) is 8.97. The van der Waals surface area contributed by atoms with E-state index in [9.17, 15) is 4.79 Å². The van der Waals surface area contributed by atoms with Crippen LogP contribution in [0.25, 0.3) is 12.2 Å². The predicted molar refractivity (Wildman–Crippen MR) is 114 cm³/mol. The third-order valence-electron chi connectivity index (χ3n) is 4.38. The lowest BCUT2D eigenvalue weighted by Crippen LogP contribution is -2.29. The van der Waals surface area contributed by atoms with Crippen molar-refractivity contribution in [3.05, 3.63) is 64.2 Å². The van der Waals surface area contributed by atoms with Crippen LogP contribution in [-0.2, 0) is 4.74 Å². The van der Waals surface area contributed by atoms with Crippen LogP contribution < -0.4 is 14.2 Å². The highest BCUT2D eigenvalue weighted by Crippen LogP contribution is 2.44. The number of ketones is 1. The highest BCUT2D eigenvalue weighted by atomic mass is 35.5. The first-order valence-electron chi connectivity index (χ1n) is 9.08. The average Bonchev–Trinajstić information content (AvgIpc) is 2.69. The molecule has 0 amide bonds. The van der Waals surface area contributed by atoms with Gasteiger partial charge in [0, 0.05) is 18.2 Å². The molecule has 2 aromatic rings. The number of allylic oxidation sites excluding steroid dienone is 1. The van der Waals surface area contributed by atoms with Gasteiger partial charge in [-0.1, -0.05) is 29.8 Å². The second-order valence-corrected chi connectivity index (χ2v) is 7.41. The lowest BCUT2D eigenvalue weighted by molar-refractivity contribution is 0.0501. The molecule has 0 unspecified atom stereocenters. The summed E-state index contributed by atoms with van der Waals surface area (Å²) in [5, 5.41) is 0.564. The molecule has 0 saturated heterocycles. The van der Waals surface area contributed by atoms with E-state index in [0.717, 1.165) is 5.56 Å². The fraction of sp³-hybridized carbons (Fsp3) is 0.261. The molecule has 1 aliphatic rings. The van der Waals surface area contributed by atoms with E-state index in [1.54, 1.807) is 18.2 Å². The molecule has 29 heavy (non-hydrogen) atoms. The van der Waals surface area contributed by atoms with Gasteiger partial charge in [0.1, 0.15) is 28.4 Å². The van der Waals surface area contributed by atoms with Crippen LogP contribution in [0.3, 0.4) is 0 Å². The second kappa shape index (κ2) is 8.72. The van der Waals surface area contributed by atoms with Crippen molar-refractivity contribution in [2.45, 2.75) is 19.4 Å². The Bertz CT molecular complexity index is 975. The number of hydrogen-bond acceptors (Lipinski definition) is 5. The molecule has 5 nitrogen and oxygen atoms in total. The van der Waals surface area contributed by atoms with Gasteiger partial charge in [-0.05, 0) is 49.8 Å². The lowest BCUT2D eigenvalue weighted by Gasteiger charge is -2.30. The molecule has 0 aromatic heterocycles. The Hall–Kier alpha value is -2.76. The highest BCUT2D eigenvalue weighted by molar-refractivity contribution is 6.32. The van der Waals surface area contributed by atoms with Gasteiger partial charge in [-0.15, -0.1) is 0 Å². The van der Waals surface area contributed by atoms with Gasteiger partial charge in [0.2, 0.25) is 0 Å². The minimum atomic E-state index is -0.584. The summed E-state index contributed by atoms with van der Waals surface area (Å²) in [4.78, 5) is 13.1. The van der Waals surface area contributed by atoms with E-state index in [2.05, 4.69) is 0 Å². The monoisotopic (exact) mass is 414 g/mol. The smallest absolute Gasteiger partial charge is 0.193 e. The second-order valence-electron chi connectivity index (χ2n) is 7.00. The minimum absolute atomic E-state index is 0.0620. The molecule has 6 heteroatoms. The molecule has 0 fully saturated rings. The van der Waals surface area contributed by atoms with Crippen molar-refractivity contribution in [2.75, 3.05) is 21.0 Å². The number of halogens is 1. The molecule has 0 spiro atoms. The van der Waals surface area contributed by atoms with Crippen molar-refractivity contribution >= 4 is 29.5 Å². The van der Waals surface area contributed by atoms with Crippen LogP contribution in [0.1, 0.15) is 35.3 Å². The van der Waals surface area contributed by atoms with Crippen molar-refractivity contribution in [3.8, 4) is 17.2 Å². The van der Waals surface area contributed by atoms with E-state index in [1.165, 1.54) is 20.3 Å². The summed E-state index contributed by atoms with van der Waals surface area (Å²) >= 11 is 6.18. The lowest BCUT2D eigenvalue weighted by atomic mass is 9.96. The van der Waals surface area contributed by atoms with Crippen LogP contribution in [0.5, 0.6) is 17.2 Å². The van der Waals surface area contributed by atoms with Crippen LogP contribution in [-0.4, -0.2) is 32.4 Å². The molecule has 1 aliphatic heterocycles. The van der Waals surface area contributed by atoms with Crippen LogP contribution in [0.2, 0.25) is 5.02 Å². The Morgan fingerprint density at radius 3 is 2.66 bits per heavy atom. The predicted octanol–water partition coefficient (Wildman–Crippen LogP) is 5.41. The Morgan fingerprint density at radius 1 is 1.21 bits per heavy atom. The molecule has 152 valence electrons. The number of hydrogen-bond donors (Lipinski definition) is 0. The number of fused-ring (bicyclic) bond motifs is 1. The van der Waals surface area contributed by atoms with Gasteiger partial charge >= 0.3 is 0 Å². The van der Waals surface area contributed by atoms with E-state index in [-0.39, 0.29) is 12.6 Å². The normalized spacial score (nSPS) is 14.4. The van der Waals surface area contributed by atoms with Crippen molar-refractivity contribution in [1.29, 1.82) is 0 Å². The number of rotatable bonds is 7.